The van der Waals surface area contributed by atoms with Crippen LogP contribution in [0.5, 0.6) is 0 Å². The first-order chi connectivity index (χ1) is 9.61. The molecule has 10 heteroatoms. The molecule has 0 saturated carbocycles. The van der Waals surface area contributed by atoms with Gasteiger partial charge in [0.15, 0.2) is 23.2 Å². The summed E-state index contributed by atoms with van der Waals surface area (Å²) in [6.45, 7) is 0.206. The van der Waals surface area contributed by atoms with E-state index in [2.05, 4.69) is 20.6 Å². The molecule has 2 unspecified atom stereocenters. The lowest BCUT2D eigenvalue weighted by Gasteiger charge is -2.19. The Morgan fingerprint density at radius 3 is 2.95 bits per heavy atom. The van der Waals surface area contributed by atoms with Gasteiger partial charge in [-0.1, -0.05) is 5.21 Å². The van der Waals surface area contributed by atoms with Crippen molar-refractivity contribution in [1.82, 2.24) is 24.5 Å². The minimum absolute atomic E-state index is 0.206. The Bertz CT molecular complexity index is 754. The number of aliphatic hydroxyl groups excluding tert-OH is 2. The van der Waals surface area contributed by atoms with E-state index in [1.165, 1.54) is 9.25 Å². The first kappa shape index (κ1) is 11.8. The molecule has 0 spiro atoms. The van der Waals surface area contributed by atoms with Crippen LogP contribution in [0.1, 0.15) is 6.23 Å². The molecule has 106 valence electrons. The Balaban J connectivity index is 2.08. The number of hydrogen-bond donors (Lipinski definition) is 3. The first-order valence-corrected chi connectivity index (χ1v) is 6.17. The molecule has 1 saturated heterocycles. The Kier molecular flexibility index (Phi) is 2.20. The number of rotatable bonds is 1. The largest absolute Gasteiger partial charge is 0.387 e. The molecule has 2 aliphatic rings. The second-order valence-corrected chi connectivity index (χ2v) is 4.85. The highest BCUT2D eigenvalue weighted by Crippen LogP contribution is 2.34. The van der Waals surface area contributed by atoms with Crippen LogP contribution >= 0.6 is 0 Å². The molecule has 0 aliphatic carbocycles. The summed E-state index contributed by atoms with van der Waals surface area (Å²) in [6, 6.07) is 0. The van der Waals surface area contributed by atoms with E-state index < -0.39 is 30.2 Å². The fraction of sp³-hybridized carbons (Fsp3) is 0.600. The van der Waals surface area contributed by atoms with Gasteiger partial charge < -0.3 is 20.3 Å². The summed E-state index contributed by atoms with van der Waals surface area (Å²) in [5.41, 5.74) is 0.252. The summed E-state index contributed by atoms with van der Waals surface area (Å²) < 4.78 is 8.22. The Morgan fingerprint density at radius 2 is 2.20 bits per heavy atom. The molecule has 2 bridgehead atoms. The number of aliphatic hydroxyl groups is 2. The minimum atomic E-state index is -1.19. The molecular formula is C10H12N6O4. The second-order valence-electron chi connectivity index (χ2n) is 4.85. The summed E-state index contributed by atoms with van der Waals surface area (Å²) in [5.74, 6) is 0.320. The summed E-state index contributed by atoms with van der Waals surface area (Å²) in [6.07, 6.45) is -3.89. The van der Waals surface area contributed by atoms with Crippen LogP contribution in [0.2, 0.25) is 0 Å². The van der Waals surface area contributed by atoms with Crippen LogP contribution in [0.3, 0.4) is 0 Å². The molecule has 0 amide bonds. The van der Waals surface area contributed by atoms with Gasteiger partial charge in [-0.25, -0.2) is 14.0 Å². The predicted octanol–water partition coefficient (Wildman–Crippen LogP) is -2.34. The highest BCUT2D eigenvalue weighted by atomic mass is 16.6. The number of aromatic nitrogens is 5. The first-order valence-electron chi connectivity index (χ1n) is 6.17. The fourth-order valence-corrected chi connectivity index (χ4v) is 2.78. The lowest BCUT2D eigenvalue weighted by Crippen LogP contribution is -2.39. The maximum atomic E-state index is 12.2. The lowest BCUT2D eigenvalue weighted by molar-refractivity contribution is -0.0357. The van der Waals surface area contributed by atoms with Gasteiger partial charge in [-0.3, -0.25) is 0 Å². The van der Waals surface area contributed by atoms with Gasteiger partial charge in [0.05, 0.1) is 6.54 Å². The van der Waals surface area contributed by atoms with Gasteiger partial charge >= 0.3 is 5.69 Å². The molecule has 20 heavy (non-hydrogen) atoms. The van der Waals surface area contributed by atoms with Crippen molar-refractivity contribution in [2.75, 3.05) is 12.4 Å². The normalized spacial score (nSPS) is 31.6. The number of hydrogen-bond acceptors (Lipinski definition) is 8. The van der Waals surface area contributed by atoms with E-state index in [-0.39, 0.29) is 6.54 Å². The van der Waals surface area contributed by atoms with E-state index in [1.54, 1.807) is 7.05 Å². The molecule has 2 aromatic rings. The number of nitrogens with one attached hydrogen (secondary N) is 1. The third kappa shape index (κ3) is 1.27. The smallest absolute Gasteiger partial charge is 0.353 e. The zero-order valence-electron chi connectivity index (χ0n) is 10.5. The van der Waals surface area contributed by atoms with Crippen molar-refractivity contribution < 1.29 is 14.9 Å². The van der Waals surface area contributed by atoms with Gasteiger partial charge in [-0.15, -0.1) is 5.10 Å². The highest BCUT2D eigenvalue weighted by Gasteiger charge is 2.47. The number of fused-ring (bicyclic) bond motifs is 3. The summed E-state index contributed by atoms with van der Waals surface area (Å²) in [5, 5.41) is 30.7. The van der Waals surface area contributed by atoms with Crippen molar-refractivity contribution in [3.05, 3.63) is 10.5 Å². The van der Waals surface area contributed by atoms with Gasteiger partial charge in [0.1, 0.15) is 18.3 Å². The third-order valence-corrected chi connectivity index (χ3v) is 3.76. The van der Waals surface area contributed by atoms with Crippen LogP contribution < -0.4 is 11.0 Å². The summed E-state index contributed by atoms with van der Waals surface area (Å²) in [4.78, 5) is 16.1. The Labute approximate surface area is 111 Å². The predicted molar refractivity (Wildman–Crippen MR) is 65.1 cm³/mol. The maximum absolute atomic E-state index is 12.2. The van der Waals surface area contributed by atoms with Crippen molar-refractivity contribution in [1.29, 1.82) is 0 Å². The van der Waals surface area contributed by atoms with E-state index in [9.17, 15) is 15.0 Å². The molecule has 4 heterocycles. The van der Waals surface area contributed by atoms with E-state index in [1.807, 2.05) is 0 Å². The summed E-state index contributed by atoms with van der Waals surface area (Å²) >= 11 is 0. The van der Waals surface area contributed by atoms with Gasteiger partial charge in [-0.05, 0) is 0 Å². The van der Waals surface area contributed by atoms with Crippen LogP contribution in [0.15, 0.2) is 4.79 Å². The topological polar surface area (TPSA) is 127 Å². The molecule has 4 rings (SSSR count). The van der Waals surface area contributed by atoms with E-state index in [4.69, 9.17) is 4.74 Å². The quantitative estimate of drug-likeness (QED) is 0.530. The molecule has 0 radical (unpaired) electrons. The minimum Gasteiger partial charge on any atom is -0.387 e. The molecular weight excluding hydrogens is 268 g/mol. The molecule has 10 nitrogen and oxygen atoms in total. The van der Waals surface area contributed by atoms with E-state index >= 15 is 0 Å². The van der Waals surface area contributed by atoms with Gasteiger partial charge in [0.25, 0.3) is 0 Å². The molecule has 4 atom stereocenters. The monoisotopic (exact) mass is 280 g/mol. The molecule has 1 fully saturated rings. The van der Waals surface area contributed by atoms with E-state index in [0.29, 0.717) is 17.0 Å². The van der Waals surface area contributed by atoms with Crippen molar-refractivity contribution in [2.24, 2.45) is 0 Å². The van der Waals surface area contributed by atoms with Crippen molar-refractivity contribution in [3.63, 3.8) is 0 Å². The Morgan fingerprint density at radius 1 is 1.40 bits per heavy atom. The number of nitrogens with zero attached hydrogens (tertiary/aromatic N) is 5. The third-order valence-electron chi connectivity index (χ3n) is 3.76. The molecule has 3 N–H and O–H groups in total. The van der Waals surface area contributed by atoms with Crippen molar-refractivity contribution >= 4 is 17.0 Å². The van der Waals surface area contributed by atoms with Crippen LogP contribution in [0, 0.1) is 0 Å². The summed E-state index contributed by atoms with van der Waals surface area (Å²) in [7, 11) is 1.63. The molecule has 2 aromatic heterocycles. The number of ether oxygens (including phenoxy) is 1. The highest BCUT2D eigenvalue weighted by molar-refractivity contribution is 5.82. The average Bonchev–Trinajstić information content (AvgIpc) is 2.89. The van der Waals surface area contributed by atoms with Gasteiger partial charge in [0.2, 0.25) is 0 Å². The molecule has 2 aliphatic heterocycles. The van der Waals surface area contributed by atoms with Crippen molar-refractivity contribution in [2.45, 2.75) is 31.1 Å². The van der Waals surface area contributed by atoms with Gasteiger partial charge in [-0.2, -0.15) is 4.98 Å². The SMILES string of the molecule is CNc1nc(=O)n2c3c1nnn3C[C@H]1O[C@@H]2C(O)C1O. The zero-order chi connectivity index (χ0) is 14.0. The molecule has 0 aromatic carbocycles. The maximum Gasteiger partial charge on any atom is 0.353 e. The van der Waals surface area contributed by atoms with Gasteiger partial charge in [0, 0.05) is 7.05 Å². The standard InChI is InChI=1S/C10H12N6O4/c1-11-7-4-8-15(14-13-4)2-3-5(17)6(18)9(20-3)16(8)10(19)12-7/h3,5-6,9,17-18H,2H2,1H3,(H,11,12,19)/t3-,5?,6?,9-/m1/s1. The van der Waals surface area contributed by atoms with Crippen LogP contribution in [-0.4, -0.2) is 60.1 Å². The van der Waals surface area contributed by atoms with E-state index in [0.717, 1.165) is 0 Å². The average molecular weight is 280 g/mol. The van der Waals surface area contributed by atoms with Crippen LogP contribution in [-0.2, 0) is 11.3 Å². The van der Waals surface area contributed by atoms with Crippen LogP contribution in [0.25, 0.3) is 11.2 Å². The zero-order valence-corrected chi connectivity index (χ0v) is 10.5. The fourth-order valence-electron chi connectivity index (χ4n) is 2.78. The lowest BCUT2D eigenvalue weighted by atomic mass is 10.1. The Hall–Kier alpha value is -2.04. The van der Waals surface area contributed by atoms with Crippen molar-refractivity contribution in [3.8, 4) is 0 Å². The number of anilines is 1. The second kappa shape index (κ2) is 3.75. The van der Waals surface area contributed by atoms with Crippen LogP contribution in [0.4, 0.5) is 5.82 Å².